The van der Waals surface area contributed by atoms with E-state index in [0.717, 1.165) is 6.61 Å². The molecule has 1 N–H and O–H groups in total. The van der Waals surface area contributed by atoms with Crippen molar-refractivity contribution >= 4 is 5.91 Å². The van der Waals surface area contributed by atoms with Crippen molar-refractivity contribution in [3.05, 3.63) is 0 Å². The highest BCUT2D eigenvalue weighted by Gasteiger charge is 2.13. The van der Waals surface area contributed by atoms with E-state index in [1.54, 1.807) is 19.0 Å². The Morgan fingerprint density at radius 3 is 2.44 bits per heavy atom. The summed E-state index contributed by atoms with van der Waals surface area (Å²) in [7, 11) is 3.56. The highest BCUT2D eigenvalue weighted by molar-refractivity contribution is 5.75. The SMILES string of the molecule is CCOCC(NCCC(=O)N(C)C)C(C)C. The first kappa shape index (κ1) is 15.4. The molecule has 0 aromatic carbocycles. The molecule has 0 aliphatic rings. The molecule has 0 saturated carbocycles. The molecule has 0 aliphatic carbocycles. The van der Waals surface area contributed by atoms with Crippen LogP contribution < -0.4 is 5.32 Å². The van der Waals surface area contributed by atoms with Crippen LogP contribution in [-0.2, 0) is 9.53 Å². The lowest BCUT2D eigenvalue weighted by Gasteiger charge is -2.22. The van der Waals surface area contributed by atoms with Gasteiger partial charge in [0, 0.05) is 39.7 Å². The maximum absolute atomic E-state index is 11.4. The lowest BCUT2D eigenvalue weighted by Crippen LogP contribution is -2.40. The standard InChI is InChI=1S/C12H26N2O2/c1-6-16-9-11(10(2)3)13-8-7-12(15)14(4)5/h10-11,13H,6-9H2,1-5H3. The minimum Gasteiger partial charge on any atom is -0.380 e. The van der Waals surface area contributed by atoms with Crippen molar-refractivity contribution in [2.45, 2.75) is 33.2 Å². The number of ether oxygens (including phenoxy) is 1. The van der Waals surface area contributed by atoms with Crippen LogP contribution in [0.3, 0.4) is 0 Å². The molecular weight excluding hydrogens is 204 g/mol. The summed E-state index contributed by atoms with van der Waals surface area (Å²) >= 11 is 0. The monoisotopic (exact) mass is 230 g/mol. The summed E-state index contributed by atoms with van der Waals surface area (Å²) in [4.78, 5) is 13.0. The fraction of sp³-hybridized carbons (Fsp3) is 0.917. The molecule has 1 amide bonds. The number of nitrogens with one attached hydrogen (secondary N) is 1. The number of rotatable bonds is 8. The smallest absolute Gasteiger partial charge is 0.223 e. The van der Waals surface area contributed by atoms with Crippen LogP contribution in [0.2, 0.25) is 0 Å². The lowest BCUT2D eigenvalue weighted by atomic mass is 10.1. The number of nitrogens with zero attached hydrogens (tertiary/aromatic N) is 1. The van der Waals surface area contributed by atoms with Gasteiger partial charge in [0.05, 0.1) is 6.61 Å². The fourth-order valence-electron chi connectivity index (χ4n) is 1.32. The van der Waals surface area contributed by atoms with Crippen LogP contribution in [0, 0.1) is 5.92 Å². The summed E-state index contributed by atoms with van der Waals surface area (Å²) in [5.41, 5.74) is 0. The van der Waals surface area contributed by atoms with Crippen molar-refractivity contribution in [1.29, 1.82) is 0 Å². The predicted molar refractivity (Wildman–Crippen MR) is 66.4 cm³/mol. The van der Waals surface area contributed by atoms with E-state index in [2.05, 4.69) is 19.2 Å². The van der Waals surface area contributed by atoms with Gasteiger partial charge in [-0.1, -0.05) is 13.8 Å². The Balaban J connectivity index is 3.80. The highest BCUT2D eigenvalue weighted by Crippen LogP contribution is 2.02. The van der Waals surface area contributed by atoms with Crippen LogP contribution in [0.1, 0.15) is 27.2 Å². The van der Waals surface area contributed by atoms with Crippen LogP contribution >= 0.6 is 0 Å². The Kier molecular flexibility index (Phi) is 8.21. The Bertz CT molecular complexity index is 193. The van der Waals surface area contributed by atoms with E-state index in [1.807, 2.05) is 6.92 Å². The molecule has 0 heterocycles. The number of amides is 1. The number of carbonyl (C=O) groups excluding carboxylic acids is 1. The first-order chi connectivity index (χ1) is 7.49. The molecule has 0 radical (unpaired) electrons. The first-order valence-corrected chi connectivity index (χ1v) is 6.00. The molecule has 16 heavy (non-hydrogen) atoms. The zero-order chi connectivity index (χ0) is 12.6. The normalized spacial score (nSPS) is 12.9. The highest BCUT2D eigenvalue weighted by atomic mass is 16.5. The fourth-order valence-corrected chi connectivity index (χ4v) is 1.32. The van der Waals surface area contributed by atoms with E-state index in [0.29, 0.717) is 31.5 Å². The van der Waals surface area contributed by atoms with Gasteiger partial charge in [-0.15, -0.1) is 0 Å². The minimum absolute atomic E-state index is 0.159. The molecule has 4 heteroatoms. The van der Waals surface area contributed by atoms with Crippen molar-refractivity contribution in [3.8, 4) is 0 Å². The molecule has 0 aromatic rings. The zero-order valence-electron chi connectivity index (χ0n) is 11.2. The Morgan fingerprint density at radius 2 is 2.00 bits per heavy atom. The van der Waals surface area contributed by atoms with Crippen LogP contribution in [0.15, 0.2) is 0 Å². The summed E-state index contributed by atoms with van der Waals surface area (Å²) in [6.07, 6.45) is 0.544. The molecule has 0 bridgehead atoms. The third-order valence-electron chi connectivity index (χ3n) is 2.55. The number of hydrogen-bond acceptors (Lipinski definition) is 3. The second kappa shape index (κ2) is 8.53. The van der Waals surface area contributed by atoms with E-state index in [1.165, 1.54) is 0 Å². The van der Waals surface area contributed by atoms with Crippen molar-refractivity contribution < 1.29 is 9.53 Å². The molecular formula is C12H26N2O2. The molecule has 0 aliphatic heterocycles. The minimum atomic E-state index is 0.159. The maximum Gasteiger partial charge on any atom is 0.223 e. The van der Waals surface area contributed by atoms with Gasteiger partial charge in [-0.3, -0.25) is 4.79 Å². The van der Waals surface area contributed by atoms with Crippen LogP contribution in [0.25, 0.3) is 0 Å². The van der Waals surface area contributed by atoms with Gasteiger partial charge in [-0.25, -0.2) is 0 Å². The van der Waals surface area contributed by atoms with Crippen molar-refractivity contribution in [3.63, 3.8) is 0 Å². The topological polar surface area (TPSA) is 41.6 Å². The van der Waals surface area contributed by atoms with E-state index in [4.69, 9.17) is 4.74 Å². The lowest BCUT2D eigenvalue weighted by molar-refractivity contribution is -0.128. The Labute approximate surface area is 99.3 Å². The van der Waals surface area contributed by atoms with Crippen LogP contribution in [-0.4, -0.2) is 50.7 Å². The average molecular weight is 230 g/mol. The predicted octanol–water partition coefficient (Wildman–Crippen LogP) is 1.12. The average Bonchev–Trinajstić information content (AvgIpc) is 2.21. The largest absolute Gasteiger partial charge is 0.380 e. The summed E-state index contributed by atoms with van der Waals surface area (Å²) in [6.45, 7) is 8.47. The maximum atomic E-state index is 11.4. The van der Waals surface area contributed by atoms with Gasteiger partial charge >= 0.3 is 0 Å². The molecule has 1 atom stereocenters. The molecule has 0 saturated heterocycles. The van der Waals surface area contributed by atoms with E-state index in [9.17, 15) is 4.79 Å². The first-order valence-electron chi connectivity index (χ1n) is 6.00. The Morgan fingerprint density at radius 1 is 1.38 bits per heavy atom. The molecule has 0 aromatic heterocycles. The van der Waals surface area contributed by atoms with Gasteiger partial charge in [-0.05, 0) is 12.8 Å². The van der Waals surface area contributed by atoms with Gasteiger partial charge in [0.25, 0.3) is 0 Å². The molecule has 0 spiro atoms. The third kappa shape index (κ3) is 6.80. The third-order valence-corrected chi connectivity index (χ3v) is 2.55. The Hall–Kier alpha value is -0.610. The van der Waals surface area contributed by atoms with Crippen molar-refractivity contribution in [1.82, 2.24) is 10.2 Å². The number of carbonyl (C=O) groups is 1. The summed E-state index contributed by atoms with van der Waals surface area (Å²) < 4.78 is 5.40. The van der Waals surface area contributed by atoms with E-state index >= 15 is 0 Å². The summed E-state index contributed by atoms with van der Waals surface area (Å²) in [5, 5.41) is 3.37. The molecule has 96 valence electrons. The molecule has 1 unspecified atom stereocenters. The van der Waals surface area contributed by atoms with Crippen molar-refractivity contribution in [2.24, 2.45) is 5.92 Å². The molecule has 0 rings (SSSR count). The quantitative estimate of drug-likeness (QED) is 0.679. The zero-order valence-corrected chi connectivity index (χ0v) is 11.2. The number of hydrogen-bond donors (Lipinski definition) is 1. The van der Waals surface area contributed by atoms with E-state index in [-0.39, 0.29) is 5.91 Å². The second-order valence-electron chi connectivity index (χ2n) is 4.50. The van der Waals surface area contributed by atoms with Crippen molar-refractivity contribution in [2.75, 3.05) is 33.9 Å². The molecule has 4 nitrogen and oxygen atoms in total. The van der Waals surface area contributed by atoms with Gasteiger partial charge in [0.2, 0.25) is 5.91 Å². The van der Waals surface area contributed by atoms with Gasteiger partial charge in [0.1, 0.15) is 0 Å². The second-order valence-corrected chi connectivity index (χ2v) is 4.50. The van der Waals surface area contributed by atoms with E-state index < -0.39 is 0 Å². The van der Waals surface area contributed by atoms with Crippen LogP contribution in [0.5, 0.6) is 0 Å². The summed E-state index contributed by atoms with van der Waals surface area (Å²) in [5.74, 6) is 0.674. The summed E-state index contributed by atoms with van der Waals surface area (Å²) in [6, 6.07) is 0.329. The van der Waals surface area contributed by atoms with Crippen LogP contribution in [0.4, 0.5) is 0 Å². The van der Waals surface area contributed by atoms with Gasteiger partial charge in [-0.2, -0.15) is 0 Å². The van der Waals surface area contributed by atoms with Gasteiger partial charge in [0.15, 0.2) is 0 Å². The molecule has 0 fully saturated rings. The van der Waals surface area contributed by atoms with Gasteiger partial charge < -0.3 is 15.0 Å².